The van der Waals surface area contributed by atoms with Gasteiger partial charge in [-0.1, -0.05) is 6.92 Å². The van der Waals surface area contributed by atoms with Gasteiger partial charge in [-0.15, -0.1) is 0 Å². The summed E-state index contributed by atoms with van der Waals surface area (Å²) in [6.07, 6.45) is 1.99. The highest BCUT2D eigenvalue weighted by Gasteiger charge is 2.33. The van der Waals surface area contributed by atoms with Crippen molar-refractivity contribution in [3.63, 3.8) is 0 Å². The molecule has 18 heavy (non-hydrogen) atoms. The van der Waals surface area contributed by atoms with E-state index in [0.717, 1.165) is 30.9 Å². The second kappa shape index (κ2) is 5.14. The first-order valence-corrected chi connectivity index (χ1v) is 6.61. The summed E-state index contributed by atoms with van der Waals surface area (Å²) < 4.78 is 5.70. The molecule has 1 aliphatic heterocycles. The molecule has 4 heteroatoms. The molecule has 100 valence electrons. The number of likely N-dealkylation sites (tertiary alicyclic amines) is 1. The smallest absolute Gasteiger partial charge is 0.239 e. The predicted octanol–water partition coefficient (Wildman–Crippen LogP) is 2.23. The number of nitrogens with two attached hydrogens (primary N) is 1. The van der Waals surface area contributed by atoms with Crippen molar-refractivity contribution in [2.75, 3.05) is 6.54 Å². The molecule has 1 aromatic heterocycles. The molecule has 1 fully saturated rings. The Bertz CT molecular complexity index is 425. The molecule has 1 aromatic rings. The van der Waals surface area contributed by atoms with E-state index in [1.165, 1.54) is 0 Å². The zero-order valence-corrected chi connectivity index (χ0v) is 11.3. The number of amides is 1. The predicted molar refractivity (Wildman–Crippen MR) is 69.9 cm³/mol. The summed E-state index contributed by atoms with van der Waals surface area (Å²) in [5, 5.41) is 0. The van der Waals surface area contributed by atoms with Crippen LogP contribution < -0.4 is 5.73 Å². The standard InChI is InChI=1S/C14H22N2O2/c1-9-6-7-16(14(17)11(3)15)12(8-9)13-5-4-10(2)18-13/h4-5,9,11-12H,6-8,15H2,1-3H3. The van der Waals surface area contributed by atoms with Gasteiger partial charge in [0.1, 0.15) is 11.5 Å². The summed E-state index contributed by atoms with van der Waals surface area (Å²) in [6, 6.07) is 3.51. The Morgan fingerprint density at radius 3 is 2.83 bits per heavy atom. The maximum atomic E-state index is 12.2. The van der Waals surface area contributed by atoms with E-state index in [0.29, 0.717) is 5.92 Å². The molecule has 0 bridgehead atoms. The van der Waals surface area contributed by atoms with Gasteiger partial charge in [0.25, 0.3) is 0 Å². The summed E-state index contributed by atoms with van der Waals surface area (Å²) in [6.45, 7) is 6.65. The first-order valence-electron chi connectivity index (χ1n) is 6.61. The van der Waals surface area contributed by atoms with Gasteiger partial charge in [0.15, 0.2) is 0 Å². The van der Waals surface area contributed by atoms with E-state index < -0.39 is 6.04 Å². The minimum atomic E-state index is -0.447. The van der Waals surface area contributed by atoms with Crippen molar-refractivity contribution in [1.29, 1.82) is 0 Å². The molecule has 0 aliphatic carbocycles. The Morgan fingerprint density at radius 2 is 2.28 bits per heavy atom. The summed E-state index contributed by atoms with van der Waals surface area (Å²) in [4.78, 5) is 14.0. The third kappa shape index (κ3) is 2.58. The highest BCUT2D eigenvalue weighted by Crippen LogP contribution is 2.35. The van der Waals surface area contributed by atoms with Gasteiger partial charge >= 0.3 is 0 Å². The Morgan fingerprint density at radius 1 is 1.56 bits per heavy atom. The Balaban J connectivity index is 2.24. The number of rotatable bonds is 2. The normalized spacial score (nSPS) is 26.1. The number of carbonyl (C=O) groups excluding carboxylic acids is 1. The van der Waals surface area contributed by atoms with Crippen LogP contribution in [0.5, 0.6) is 0 Å². The first kappa shape index (κ1) is 13.1. The van der Waals surface area contributed by atoms with E-state index >= 15 is 0 Å². The van der Waals surface area contributed by atoms with Gasteiger partial charge in [-0.3, -0.25) is 4.79 Å². The van der Waals surface area contributed by atoms with Crippen LogP contribution >= 0.6 is 0 Å². The van der Waals surface area contributed by atoms with Crippen LogP contribution in [-0.4, -0.2) is 23.4 Å². The molecule has 2 rings (SSSR count). The molecule has 1 amide bonds. The molecule has 1 saturated heterocycles. The number of aryl methyl sites for hydroxylation is 1. The number of hydrogen-bond acceptors (Lipinski definition) is 3. The molecule has 2 N–H and O–H groups in total. The second-order valence-corrected chi connectivity index (χ2v) is 5.41. The summed E-state index contributed by atoms with van der Waals surface area (Å²) in [7, 11) is 0. The molecule has 0 spiro atoms. The maximum Gasteiger partial charge on any atom is 0.239 e. The van der Waals surface area contributed by atoms with Gasteiger partial charge in [-0.25, -0.2) is 0 Å². The van der Waals surface area contributed by atoms with Crippen LogP contribution in [-0.2, 0) is 4.79 Å². The SMILES string of the molecule is Cc1ccc(C2CC(C)CCN2C(=O)C(C)N)o1. The molecule has 0 saturated carbocycles. The van der Waals surface area contributed by atoms with Crippen molar-refractivity contribution in [2.24, 2.45) is 11.7 Å². The van der Waals surface area contributed by atoms with E-state index in [-0.39, 0.29) is 11.9 Å². The molecule has 2 heterocycles. The topological polar surface area (TPSA) is 59.5 Å². The second-order valence-electron chi connectivity index (χ2n) is 5.41. The quantitative estimate of drug-likeness (QED) is 0.875. The molecular formula is C14H22N2O2. The van der Waals surface area contributed by atoms with Gasteiger partial charge in [-0.2, -0.15) is 0 Å². The number of hydrogen-bond donors (Lipinski definition) is 1. The van der Waals surface area contributed by atoms with Crippen molar-refractivity contribution >= 4 is 5.91 Å². The van der Waals surface area contributed by atoms with E-state index in [9.17, 15) is 4.79 Å². The number of furan rings is 1. The third-order valence-corrected chi connectivity index (χ3v) is 3.63. The van der Waals surface area contributed by atoms with Gasteiger partial charge in [-0.05, 0) is 44.7 Å². The molecule has 0 radical (unpaired) electrons. The molecular weight excluding hydrogens is 228 g/mol. The number of piperidine rings is 1. The highest BCUT2D eigenvalue weighted by atomic mass is 16.3. The lowest BCUT2D eigenvalue weighted by atomic mass is 9.90. The van der Waals surface area contributed by atoms with E-state index in [4.69, 9.17) is 10.2 Å². The van der Waals surface area contributed by atoms with Crippen LogP contribution in [0.3, 0.4) is 0 Å². The average Bonchev–Trinajstić information content (AvgIpc) is 2.74. The first-order chi connectivity index (χ1) is 8.49. The molecule has 3 unspecified atom stereocenters. The van der Waals surface area contributed by atoms with Crippen LogP contribution in [0.25, 0.3) is 0 Å². The van der Waals surface area contributed by atoms with Gasteiger partial charge in [0.2, 0.25) is 5.91 Å². The summed E-state index contributed by atoms with van der Waals surface area (Å²) in [5.74, 6) is 2.39. The van der Waals surface area contributed by atoms with Crippen molar-refractivity contribution < 1.29 is 9.21 Å². The zero-order valence-electron chi connectivity index (χ0n) is 11.3. The number of carbonyl (C=O) groups is 1. The Hall–Kier alpha value is -1.29. The summed E-state index contributed by atoms with van der Waals surface area (Å²) in [5.41, 5.74) is 5.73. The summed E-state index contributed by atoms with van der Waals surface area (Å²) >= 11 is 0. The average molecular weight is 250 g/mol. The number of nitrogens with zero attached hydrogens (tertiary/aromatic N) is 1. The maximum absolute atomic E-state index is 12.2. The van der Waals surface area contributed by atoms with Crippen molar-refractivity contribution in [3.05, 3.63) is 23.7 Å². The fraction of sp³-hybridized carbons (Fsp3) is 0.643. The molecule has 0 aromatic carbocycles. The van der Waals surface area contributed by atoms with Gasteiger partial charge in [0.05, 0.1) is 12.1 Å². The van der Waals surface area contributed by atoms with E-state index in [1.54, 1.807) is 6.92 Å². The minimum Gasteiger partial charge on any atom is -0.464 e. The lowest BCUT2D eigenvalue weighted by molar-refractivity contribution is -0.137. The lowest BCUT2D eigenvalue weighted by Crippen LogP contribution is -2.47. The van der Waals surface area contributed by atoms with Crippen LogP contribution in [0.15, 0.2) is 16.5 Å². The molecule has 4 nitrogen and oxygen atoms in total. The van der Waals surface area contributed by atoms with E-state index in [2.05, 4.69) is 6.92 Å². The molecule has 3 atom stereocenters. The fourth-order valence-corrected chi connectivity index (χ4v) is 2.57. The molecule has 1 aliphatic rings. The van der Waals surface area contributed by atoms with Gasteiger partial charge in [0, 0.05) is 6.54 Å². The largest absolute Gasteiger partial charge is 0.464 e. The van der Waals surface area contributed by atoms with E-state index in [1.807, 2.05) is 24.0 Å². The lowest BCUT2D eigenvalue weighted by Gasteiger charge is -2.38. The van der Waals surface area contributed by atoms with Crippen LogP contribution in [0.4, 0.5) is 0 Å². The Labute approximate surface area is 108 Å². The minimum absolute atomic E-state index is 0.0148. The fourth-order valence-electron chi connectivity index (χ4n) is 2.57. The van der Waals surface area contributed by atoms with Crippen molar-refractivity contribution in [1.82, 2.24) is 4.90 Å². The van der Waals surface area contributed by atoms with Crippen LogP contribution in [0, 0.1) is 12.8 Å². The third-order valence-electron chi connectivity index (χ3n) is 3.63. The van der Waals surface area contributed by atoms with Crippen LogP contribution in [0.2, 0.25) is 0 Å². The van der Waals surface area contributed by atoms with Crippen molar-refractivity contribution in [3.8, 4) is 0 Å². The van der Waals surface area contributed by atoms with Crippen LogP contribution in [0.1, 0.15) is 44.3 Å². The monoisotopic (exact) mass is 250 g/mol. The zero-order chi connectivity index (χ0) is 13.3. The highest BCUT2D eigenvalue weighted by molar-refractivity contribution is 5.81. The Kier molecular flexibility index (Phi) is 3.76. The van der Waals surface area contributed by atoms with Gasteiger partial charge < -0.3 is 15.1 Å². The van der Waals surface area contributed by atoms with Crippen molar-refractivity contribution in [2.45, 2.75) is 45.7 Å².